The van der Waals surface area contributed by atoms with Crippen molar-refractivity contribution in [2.45, 2.75) is 13.0 Å². The highest BCUT2D eigenvalue weighted by atomic mass is 16.5. The predicted molar refractivity (Wildman–Crippen MR) is 121 cm³/mol. The van der Waals surface area contributed by atoms with Crippen LogP contribution in [0.4, 0.5) is 17.1 Å². The zero-order valence-electron chi connectivity index (χ0n) is 17.4. The molecule has 0 radical (unpaired) electrons. The zero-order valence-corrected chi connectivity index (χ0v) is 17.4. The monoisotopic (exact) mass is 396 g/mol. The van der Waals surface area contributed by atoms with Crippen molar-refractivity contribution in [1.29, 1.82) is 0 Å². The van der Waals surface area contributed by atoms with Gasteiger partial charge in [0.05, 0.1) is 35.9 Å². The summed E-state index contributed by atoms with van der Waals surface area (Å²) >= 11 is 0. The topological polar surface area (TPSA) is 33.5 Å². The minimum absolute atomic E-state index is 0.199. The number of nitrogens with zero attached hydrogens (tertiary/aromatic N) is 4. The van der Waals surface area contributed by atoms with Crippen LogP contribution in [-0.2, 0) is 7.05 Å². The number of benzene rings is 3. The molecule has 0 bridgehead atoms. The maximum absolute atomic E-state index is 5.48. The van der Waals surface area contributed by atoms with E-state index in [0.717, 1.165) is 28.4 Å². The predicted octanol–water partition coefficient (Wildman–Crippen LogP) is 5.73. The number of methoxy groups -OCH3 is 1. The number of hydrogen-bond acceptors (Lipinski definition) is 4. The van der Waals surface area contributed by atoms with E-state index in [-0.39, 0.29) is 6.04 Å². The van der Waals surface area contributed by atoms with Gasteiger partial charge in [-0.2, -0.15) is 5.10 Å². The molecule has 1 atom stereocenters. The Labute approximate surface area is 176 Å². The molecule has 150 valence electrons. The molecule has 1 aliphatic heterocycles. The fraction of sp³-hybridized carbons (Fsp3) is 0.160. The van der Waals surface area contributed by atoms with Crippen molar-refractivity contribution in [1.82, 2.24) is 9.78 Å². The molecule has 0 fully saturated rings. The van der Waals surface area contributed by atoms with Gasteiger partial charge in [-0.25, -0.2) is 0 Å². The van der Waals surface area contributed by atoms with Gasteiger partial charge in [0.2, 0.25) is 0 Å². The summed E-state index contributed by atoms with van der Waals surface area (Å²) in [5, 5.41) is 8.91. The van der Waals surface area contributed by atoms with Crippen LogP contribution in [0.3, 0.4) is 0 Å². The third-order valence-electron chi connectivity index (χ3n) is 5.74. The van der Waals surface area contributed by atoms with Crippen LogP contribution in [0, 0.1) is 0 Å². The lowest BCUT2D eigenvalue weighted by molar-refractivity contribution is 0.414. The maximum atomic E-state index is 5.48. The third-order valence-corrected chi connectivity index (χ3v) is 5.74. The molecule has 0 spiro atoms. The molecule has 1 unspecified atom stereocenters. The summed E-state index contributed by atoms with van der Waals surface area (Å²) in [6.07, 6.45) is 1.83. The van der Waals surface area contributed by atoms with Crippen molar-refractivity contribution in [3.8, 4) is 17.0 Å². The van der Waals surface area contributed by atoms with Gasteiger partial charge in [0.25, 0.3) is 0 Å². The molecule has 0 saturated carbocycles. The van der Waals surface area contributed by atoms with Crippen LogP contribution >= 0.6 is 0 Å². The normalized spacial score (nSPS) is 15.4. The summed E-state index contributed by atoms with van der Waals surface area (Å²) in [4.78, 5) is 0. The van der Waals surface area contributed by atoms with Gasteiger partial charge in [0.1, 0.15) is 5.75 Å². The molecule has 5 nitrogen and oxygen atoms in total. The van der Waals surface area contributed by atoms with E-state index in [4.69, 9.17) is 4.74 Å². The van der Waals surface area contributed by atoms with E-state index >= 15 is 0 Å². The first-order chi connectivity index (χ1) is 14.7. The second-order valence-electron chi connectivity index (χ2n) is 7.48. The van der Waals surface area contributed by atoms with E-state index in [1.807, 2.05) is 36.1 Å². The van der Waals surface area contributed by atoms with Crippen LogP contribution in [-0.4, -0.2) is 16.9 Å². The van der Waals surface area contributed by atoms with Crippen molar-refractivity contribution in [3.63, 3.8) is 0 Å². The minimum atomic E-state index is 0.199. The quantitative estimate of drug-likeness (QED) is 0.441. The van der Waals surface area contributed by atoms with Gasteiger partial charge in [-0.15, -0.1) is 0 Å². The number of aryl methyl sites for hydroxylation is 1. The average Bonchev–Trinajstić information content (AvgIpc) is 3.35. The van der Waals surface area contributed by atoms with Gasteiger partial charge >= 0.3 is 0 Å². The molecule has 5 heteroatoms. The standard InChI is InChI=1S/C25H24N4O/c1-18-23-9-4-5-10-25(23)29(28(18)21-7-6-8-22(17-21)30-3)20-13-11-19(12-14-20)24-15-16-26-27(24)2/h4-18H,1-3H3. The summed E-state index contributed by atoms with van der Waals surface area (Å²) in [5.74, 6) is 0.849. The van der Waals surface area contributed by atoms with E-state index < -0.39 is 0 Å². The van der Waals surface area contributed by atoms with Crippen molar-refractivity contribution >= 4 is 17.1 Å². The Morgan fingerprint density at radius 2 is 1.67 bits per heavy atom. The molecule has 2 heterocycles. The molecular weight excluding hydrogens is 372 g/mol. The van der Waals surface area contributed by atoms with Crippen molar-refractivity contribution in [3.05, 3.63) is 90.6 Å². The fourth-order valence-electron chi connectivity index (χ4n) is 4.24. The van der Waals surface area contributed by atoms with Gasteiger partial charge in [0.15, 0.2) is 0 Å². The van der Waals surface area contributed by atoms with Gasteiger partial charge in [-0.3, -0.25) is 14.7 Å². The smallest absolute Gasteiger partial charge is 0.120 e. The summed E-state index contributed by atoms with van der Waals surface area (Å²) in [6, 6.07) is 27.7. The Kier molecular flexibility index (Phi) is 4.43. The lowest BCUT2D eigenvalue weighted by Crippen LogP contribution is -2.35. The Balaban J connectivity index is 1.60. The molecule has 1 aliphatic rings. The minimum Gasteiger partial charge on any atom is -0.497 e. The summed E-state index contributed by atoms with van der Waals surface area (Å²) in [7, 11) is 3.67. The number of hydrazine groups is 1. The molecule has 1 aromatic heterocycles. The van der Waals surface area contributed by atoms with Gasteiger partial charge in [-0.1, -0.05) is 36.4 Å². The van der Waals surface area contributed by atoms with Crippen LogP contribution in [0.15, 0.2) is 85.1 Å². The van der Waals surface area contributed by atoms with Crippen LogP contribution in [0.5, 0.6) is 5.75 Å². The van der Waals surface area contributed by atoms with Crippen molar-refractivity contribution in [2.75, 3.05) is 17.1 Å². The first kappa shape index (κ1) is 18.3. The highest BCUT2D eigenvalue weighted by molar-refractivity contribution is 5.79. The summed E-state index contributed by atoms with van der Waals surface area (Å²) in [5.41, 5.74) is 6.94. The lowest BCUT2D eigenvalue weighted by Gasteiger charge is -2.35. The molecule has 0 amide bonds. The van der Waals surface area contributed by atoms with Crippen molar-refractivity contribution in [2.24, 2.45) is 7.05 Å². The van der Waals surface area contributed by atoms with Crippen LogP contribution < -0.4 is 14.8 Å². The lowest BCUT2D eigenvalue weighted by atomic mass is 10.1. The molecule has 0 aliphatic carbocycles. The highest BCUT2D eigenvalue weighted by Crippen LogP contribution is 2.47. The van der Waals surface area contributed by atoms with Gasteiger partial charge < -0.3 is 4.74 Å². The van der Waals surface area contributed by atoms with Gasteiger partial charge in [0, 0.05) is 24.9 Å². The second kappa shape index (κ2) is 7.26. The number of rotatable bonds is 4. The molecular formula is C25H24N4O. The molecule has 0 saturated heterocycles. The van der Waals surface area contributed by atoms with E-state index in [2.05, 4.69) is 82.7 Å². The van der Waals surface area contributed by atoms with Crippen molar-refractivity contribution < 1.29 is 4.74 Å². The number of hydrogen-bond donors (Lipinski definition) is 0. The van der Waals surface area contributed by atoms with Gasteiger partial charge in [-0.05, 0) is 48.9 Å². The molecule has 30 heavy (non-hydrogen) atoms. The Hall–Kier alpha value is -3.73. The highest BCUT2D eigenvalue weighted by Gasteiger charge is 2.34. The Morgan fingerprint density at radius 3 is 2.40 bits per heavy atom. The third kappa shape index (κ3) is 2.90. The van der Waals surface area contributed by atoms with E-state index in [9.17, 15) is 0 Å². The van der Waals surface area contributed by atoms with E-state index in [1.54, 1.807) is 7.11 Å². The Morgan fingerprint density at radius 1 is 0.867 bits per heavy atom. The number of ether oxygens (including phenoxy) is 1. The molecule has 3 aromatic carbocycles. The molecule has 5 rings (SSSR count). The van der Waals surface area contributed by atoms with E-state index in [0.29, 0.717) is 0 Å². The zero-order chi connectivity index (χ0) is 20.7. The fourth-order valence-corrected chi connectivity index (χ4v) is 4.24. The maximum Gasteiger partial charge on any atom is 0.120 e. The number of fused-ring (bicyclic) bond motifs is 1. The summed E-state index contributed by atoms with van der Waals surface area (Å²) < 4.78 is 7.38. The van der Waals surface area contributed by atoms with Crippen LogP contribution in [0.25, 0.3) is 11.3 Å². The SMILES string of the molecule is COc1cccc(N2C(C)c3ccccc3N2c2ccc(-c3ccnn3C)cc2)c1. The van der Waals surface area contributed by atoms with E-state index in [1.165, 1.54) is 11.3 Å². The molecule has 4 aromatic rings. The van der Waals surface area contributed by atoms with Crippen LogP contribution in [0.1, 0.15) is 18.5 Å². The second-order valence-corrected chi connectivity index (χ2v) is 7.48. The first-order valence-corrected chi connectivity index (χ1v) is 10.1. The Bertz CT molecular complexity index is 1180. The number of para-hydroxylation sites is 1. The molecule has 0 N–H and O–H groups in total. The van der Waals surface area contributed by atoms with Crippen LogP contribution in [0.2, 0.25) is 0 Å². The summed E-state index contributed by atoms with van der Waals surface area (Å²) in [6.45, 7) is 2.24. The number of aromatic nitrogens is 2. The first-order valence-electron chi connectivity index (χ1n) is 10.1. The largest absolute Gasteiger partial charge is 0.497 e. The average molecular weight is 396 g/mol. The number of anilines is 3.